The number of hydrogen-bond donors (Lipinski definition) is 1. The number of nitrogens with one attached hydrogen (secondary N) is 1. The van der Waals surface area contributed by atoms with Crippen LogP contribution in [0.3, 0.4) is 0 Å². The highest BCUT2D eigenvalue weighted by molar-refractivity contribution is 5.95. The predicted molar refractivity (Wildman–Crippen MR) is 129 cm³/mol. The lowest BCUT2D eigenvalue weighted by atomic mass is 9.95. The van der Waals surface area contributed by atoms with E-state index in [1.165, 1.54) is 5.56 Å². The lowest BCUT2D eigenvalue weighted by Crippen LogP contribution is -2.42. The molecule has 1 fully saturated rings. The smallest absolute Gasteiger partial charge is 0.274 e. The van der Waals surface area contributed by atoms with Crippen molar-refractivity contribution in [2.75, 3.05) is 18.4 Å². The normalized spacial score (nSPS) is 18.4. The van der Waals surface area contributed by atoms with Crippen LogP contribution in [0.2, 0.25) is 0 Å². The molecule has 3 aromatic rings. The fraction of sp³-hybridized carbons (Fsp3) is 0.370. The van der Waals surface area contributed by atoms with Gasteiger partial charge in [0.15, 0.2) is 5.69 Å². The van der Waals surface area contributed by atoms with Crippen molar-refractivity contribution in [2.24, 2.45) is 5.92 Å². The summed E-state index contributed by atoms with van der Waals surface area (Å²) in [6, 6.07) is 16.1. The van der Waals surface area contributed by atoms with E-state index in [-0.39, 0.29) is 23.8 Å². The molecule has 5 rings (SSSR count). The first kappa shape index (κ1) is 22.3. The van der Waals surface area contributed by atoms with Crippen LogP contribution < -0.4 is 5.32 Å². The Morgan fingerprint density at radius 2 is 1.79 bits per heavy atom. The van der Waals surface area contributed by atoms with Crippen molar-refractivity contribution in [1.29, 1.82) is 0 Å². The molecule has 1 atom stereocenters. The molecule has 176 valence electrons. The van der Waals surface area contributed by atoms with Crippen LogP contribution in [0.5, 0.6) is 0 Å². The van der Waals surface area contributed by atoms with Crippen LogP contribution >= 0.6 is 0 Å². The summed E-state index contributed by atoms with van der Waals surface area (Å²) in [5, 5.41) is 3.04. The number of amides is 2. The minimum Gasteiger partial charge on any atom is -0.365 e. The maximum absolute atomic E-state index is 13.2. The summed E-state index contributed by atoms with van der Waals surface area (Å²) in [6.45, 7) is 6.18. The SMILES string of the molecule is Cc1ccc(NC(=O)C2CCN(C(=O)c3ncn4c3COC(c3ccccc3)C4)CC2)cc1C. The van der Waals surface area contributed by atoms with Crippen molar-refractivity contribution >= 4 is 17.5 Å². The van der Waals surface area contributed by atoms with Crippen molar-refractivity contribution in [3.8, 4) is 0 Å². The van der Waals surface area contributed by atoms with Gasteiger partial charge in [0.1, 0.15) is 6.10 Å². The van der Waals surface area contributed by atoms with Gasteiger partial charge < -0.3 is 19.5 Å². The largest absolute Gasteiger partial charge is 0.365 e. The summed E-state index contributed by atoms with van der Waals surface area (Å²) >= 11 is 0. The average molecular weight is 459 g/mol. The fourth-order valence-electron chi connectivity index (χ4n) is 4.73. The molecular weight excluding hydrogens is 428 g/mol. The van der Waals surface area contributed by atoms with E-state index in [4.69, 9.17) is 4.74 Å². The number of carbonyl (C=O) groups excluding carboxylic acids is 2. The van der Waals surface area contributed by atoms with Crippen molar-refractivity contribution in [2.45, 2.75) is 45.9 Å². The van der Waals surface area contributed by atoms with Crippen LogP contribution in [-0.4, -0.2) is 39.4 Å². The summed E-state index contributed by atoms with van der Waals surface area (Å²) in [7, 11) is 0. The molecule has 0 saturated carbocycles. The van der Waals surface area contributed by atoms with E-state index < -0.39 is 0 Å². The van der Waals surface area contributed by atoms with Gasteiger partial charge >= 0.3 is 0 Å². The number of piperidine rings is 1. The van der Waals surface area contributed by atoms with Gasteiger partial charge in [0.2, 0.25) is 5.91 Å². The van der Waals surface area contributed by atoms with Crippen molar-refractivity contribution in [3.05, 3.63) is 82.9 Å². The van der Waals surface area contributed by atoms with Gasteiger partial charge in [-0.25, -0.2) is 4.98 Å². The lowest BCUT2D eigenvalue weighted by molar-refractivity contribution is -0.121. The molecule has 0 spiro atoms. The van der Waals surface area contributed by atoms with Crippen LogP contribution in [0, 0.1) is 19.8 Å². The Morgan fingerprint density at radius 1 is 1.03 bits per heavy atom. The van der Waals surface area contributed by atoms with Crippen LogP contribution in [0.4, 0.5) is 5.69 Å². The molecule has 2 amide bonds. The van der Waals surface area contributed by atoms with Gasteiger partial charge in [0.25, 0.3) is 5.91 Å². The summed E-state index contributed by atoms with van der Waals surface area (Å²) in [5.41, 5.74) is 5.59. The van der Waals surface area contributed by atoms with E-state index in [2.05, 4.69) is 29.4 Å². The van der Waals surface area contributed by atoms with Crippen molar-refractivity contribution in [1.82, 2.24) is 14.5 Å². The number of benzene rings is 2. The Bertz CT molecular complexity index is 1200. The third-order valence-electron chi connectivity index (χ3n) is 7.03. The topological polar surface area (TPSA) is 76.5 Å². The first-order valence-electron chi connectivity index (χ1n) is 11.9. The summed E-state index contributed by atoms with van der Waals surface area (Å²) in [4.78, 5) is 32.2. The second-order valence-electron chi connectivity index (χ2n) is 9.26. The number of carbonyl (C=O) groups is 2. The summed E-state index contributed by atoms with van der Waals surface area (Å²) in [5.74, 6) is -0.157. The maximum atomic E-state index is 13.2. The Morgan fingerprint density at radius 3 is 2.53 bits per heavy atom. The molecule has 0 radical (unpaired) electrons. The zero-order valence-corrected chi connectivity index (χ0v) is 19.7. The monoisotopic (exact) mass is 458 g/mol. The molecule has 0 aliphatic carbocycles. The van der Waals surface area contributed by atoms with Gasteiger partial charge in [-0.3, -0.25) is 9.59 Å². The van der Waals surface area contributed by atoms with Gasteiger partial charge in [-0.1, -0.05) is 36.4 Å². The molecule has 3 heterocycles. The van der Waals surface area contributed by atoms with Gasteiger partial charge in [-0.2, -0.15) is 0 Å². The number of anilines is 1. The van der Waals surface area contributed by atoms with E-state index in [1.807, 2.05) is 52.8 Å². The molecule has 1 aromatic heterocycles. The predicted octanol–water partition coefficient (Wildman–Crippen LogP) is 4.26. The highest BCUT2D eigenvalue weighted by atomic mass is 16.5. The Balaban J connectivity index is 1.18. The van der Waals surface area contributed by atoms with E-state index in [1.54, 1.807) is 6.33 Å². The second kappa shape index (κ2) is 9.43. The molecule has 34 heavy (non-hydrogen) atoms. The molecule has 2 aliphatic heterocycles. The average Bonchev–Trinajstić information content (AvgIpc) is 3.30. The maximum Gasteiger partial charge on any atom is 0.274 e. The third kappa shape index (κ3) is 4.48. The first-order chi connectivity index (χ1) is 16.5. The zero-order valence-electron chi connectivity index (χ0n) is 19.7. The van der Waals surface area contributed by atoms with E-state index in [9.17, 15) is 9.59 Å². The van der Waals surface area contributed by atoms with Crippen LogP contribution in [0.15, 0.2) is 54.9 Å². The standard InChI is InChI=1S/C27H30N4O3/c1-18-8-9-22(14-19(18)2)29-26(32)21-10-12-30(13-11-21)27(33)25-23-16-34-24(15-31(23)17-28-25)20-6-4-3-5-7-20/h3-9,14,17,21,24H,10-13,15-16H2,1-2H3,(H,29,32). The molecule has 1 saturated heterocycles. The Labute approximate surface area is 199 Å². The number of rotatable bonds is 4. The number of likely N-dealkylation sites (tertiary alicyclic amines) is 1. The second-order valence-corrected chi connectivity index (χ2v) is 9.26. The Hall–Kier alpha value is -3.45. The van der Waals surface area contributed by atoms with E-state index >= 15 is 0 Å². The number of hydrogen-bond acceptors (Lipinski definition) is 4. The van der Waals surface area contributed by atoms with E-state index in [0.717, 1.165) is 22.5 Å². The number of fused-ring (bicyclic) bond motifs is 1. The van der Waals surface area contributed by atoms with Crippen LogP contribution in [0.1, 0.15) is 51.8 Å². The molecule has 2 aliphatic rings. The third-order valence-corrected chi connectivity index (χ3v) is 7.03. The van der Waals surface area contributed by atoms with Gasteiger partial charge in [-0.05, 0) is 55.5 Å². The summed E-state index contributed by atoms with van der Waals surface area (Å²) in [6.07, 6.45) is 2.98. The van der Waals surface area contributed by atoms with Crippen molar-refractivity contribution in [3.63, 3.8) is 0 Å². The number of aryl methyl sites for hydroxylation is 2. The first-order valence-corrected chi connectivity index (χ1v) is 11.9. The lowest BCUT2D eigenvalue weighted by Gasteiger charge is -2.31. The fourth-order valence-corrected chi connectivity index (χ4v) is 4.73. The number of nitrogens with zero attached hydrogens (tertiary/aromatic N) is 3. The van der Waals surface area contributed by atoms with Gasteiger partial charge in [-0.15, -0.1) is 0 Å². The molecule has 7 heteroatoms. The quantitative estimate of drug-likeness (QED) is 0.634. The minimum atomic E-state index is -0.100. The van der Waals surface area contributed by atoms with Gasteiger partial charge in [0.05, 0.1) is 25.2 Å². The van der Waals surface area contributed by atoms with E-state index in [0.29, 0.717) is 44.8 Å². The molecule has 2 aromatic carbocycles. The highest BCUT2D eigenvalue weighted by Gasteiger charge is 2.32. The van der Waals surface area contributed by atoms with Crippen LogP contribution in [0.25, 0.3) is 0 Å². The molecular formula is C27H30N4O3. The van der Waals surface area contributed by atoms with Crippen LogP contribution in [-0.2, 0) is 22.7 Å². The van der Waals surface area contributed by atoms with Crippen molar-refractivity contribution < 1.29 is 14.3 Å². The zero-order chi connectivity index (χ0) is 23.7. The van der Waals surface area contributed by atoms with Gasteiger partial charge in [0, 0.05) is 24.7 Å². The number of ether oxygens (including phenoxy) is 1. The highest BCUT2D eigenvalue weighted by Crippen LogP contribution is 2.29. The number of imidazole rings is 1. The molecule has 1 N–H and O–H groups in total. The summed E-state index contributed by atoms with van der Waals surface area (Å²) < 4.78 is 8.09. The minimum absolute atomic E-state index is 0.0232. The Kier molecular flexibility index (Phi) is 6.20. The molecule has 7 nitrogen and oxygen atoms in total. The molecule has 0 bridgehead atoms. The molecule has 1 unspecified atom stereocenters. The number of aromatic nitrogens is 2.